The molecule has 7 heteroatoms. The van der Waals surface area contributed by atoms with Gasteiger partial charge in [0.25, 0.3) is 0 Å². The topological polar surface area (TPSA) is 50.7 Å². The molecule has 0 unspecified atom stereocenters. The molecule has 0 heterocycles. The summed E-state index contributed by atoms with van der Waals surface area (Å²) in [4.78, 5) is 0. The van der Waals surface area contributed by atoms with E-state index in [0.29, 0.717) is 34.7 Å². The first-order valence-corrected chi connectivity index (χ1v) is 10.4. The number of ether oxygens (including phenoxy) is 2. The molecule has 1 atom stereocenters. The first kappa shape index (κ1) is 22.3. The maximum atomic E-state index is 9.33. The highest BCUT2D eigenvalue weighted by atomic mass is 79.9. The van der Waals surface area contributed by atoms with Crippen LogP contribution < -0.4 is 14.8 Å². The van der Waals surface area contributed by atoms with Gasteiger partial charge in [0.2, 0.25) is 0 Å². The average Bonchev–Trinajstić information content (AvgIpc) is 2.64. The predicted octanol–water partition coefficient (Wildman–Crippen LogP) is 5.59. The van der Waals surface area contributed by atoms with Crippen LogP contribution in [0.25, 0.3) is 0 Å². The minimum Gasteiger partial charge on any atom is -0.490 e. The average molecular weight is 477 g/mol. The third-order valence-corrected chi connectivity index (χ3v) is 5.40. The van der Waals surface area contributed by atoms with Gasteiger partial charge in [0.15, 0.2) is 11.5 Å². The van der Waals surface area contributed by atoms with E-state index in [1.807, 2.05) is 26.0 Å². The van der Waals surface area contributed by atoms with E-state index in [-0.39, 0.29) is 19.3 Å². The molecular weight excluding hydrogens is 453 g/mol. The first-order valence-electron chi connectivity index (χ1n) is 8.85. The van der Waals surface area contributed by atoms with E-state index in [2.05, 4.69) is 21.2 Å². The molecule has 4 nitrogen and oxygen atoms in total. The fourth-order valence-corrected chi connectivity index (χ4v) is 3.65. The molecule has 2 aromatic carbocycles. The van der Waals surface area contributed by atoms with Crippen LogP contribution in [-0.2, 0) is 13.2 Å². The van der Waals surface area contributed by atoms with Crippen LogP contribution in [0, 0.1) is 0 Å². The number of benzene rings is 2. The Balaban J connectivity index is 2.20. The van der Waals surface area contributed by atoms with Crippen molar-refractivity contribution >= 4 is 39.1 Å². The fourth-order valence-electron chi connectivity index (χ4n) is 2.54. The third-order valence-electron chi connectivity index (χ3n) is 4.10. The second-order valence-corrected chi connectivity index (χ2v) is 7.66. The Morgan fingerprint density at radius 3 is 2.44 bits per heavy atom. The van der Waals surface area contributed by atoms with E-state index in [1.54, 1.807) is 18.2 Å². The normalized spacial score (nSPS) is 12.1. The summed E-state index contributed by atoms with van der Waals surface area (Å²) in [7, 11) is 0. The molecule has 0 saturated heterocycles. The number of nitrogens with one attached hydrogen (secondary N) is 1. The molecule has 2 N–H and O–H groups in total. The zero-order valence-electron chi connectivity index (χ0n) is 15.4. The number of aliphatic hydroxyl groups is 1. The molecule has 0 fully saturated rings. The lowest BCUT2D eigenvalue weighted by Crippen LogP contribution is -2.31. The molecule has 27 heavy (non-hydrogen) atoms. The Morgan fingerprint density at radius 2 is 1.85 bits per heavy atom. The van der Waals surface area contributed by atoms with Gasteiger partial charge >= 0.3 is 0 Å². The van der Waals surface area contributed by atoms with Crippen LogP contribution in [0.5, 0.6) is 11.5 Å². The van der Waals surface area contributed by atoms with E-state index in [4.69, 9.17) is 32.7 Å². The lowest BCUT2D eigenvalue weighted by atomic mass is 10.1. The highest BCUT2D eigenvalue weighted by Crippen LogP contribution is 2.38. The van der Waals surface area contributed by atoms with Crippen molar-refractivity contribution in [3.05, 3.63) is 56.0 Å². The standard InChI is InChI=1S/C20H24BrCl2NO3/c1-3-14(11-25)24-10-13-8-16(21)20(19(9-13)26-4-2)27-12-15-17(22)6-5-7-18(15)23/h5-9,14,24-25H,3-4,10-12H2,1-2H3/t14-/m0/s1. The largest absolute Gasteiger partial charge is 0.490 e. The SMILES string of the molecule is CCOc1cc(CN[C@@H](CC)CO)cc(Br)c1OCc1c(Cl)cccc1Cl. The second kappa shape index (κ2) is 11.1. The van der Waals surface area contributed by atoms with Crippen molar-refractivity contribution in [2.45, 2.75) is 39.5 Å². The van der Waals surface area contributed by atoms with Crippen LogP contribution in [0.2, 0.25) is 10.0 Å². The molecule has 0 aliphatic carbocycles. The van der Waals surface area contributed by atoms with Gasteiger partial charge in [-0.1, -0.05) is 36.2 Å². The fraction of sp³-hybridized carbons (Fsp3) is 0.400. The molecule has 2 aromatic rings. The van der Waals surface area contributed by atoms with Crippen LogP contribution in [0.15, 0.2) is 34.8 Å². The van der Waals surface area contributed by atoms with Crippen LogP contribution >= 0.6 is 39.1 Å². The predicted molar refractivity (Wildman–Crippen MR) is 114 cm³/mol. The van der Waals surface area contributed by atoms with Crippen LogP contribution in [0.4, 0.5) is 0 Å². The van der Waals surface area contributed by atoms with Crippen molar-refractivity contribution in [2.24, 2.45) is 0 Å². The Morgan fingerprint density at radius 1 is 1.15 bits per heavy atom. The second-order valence-electron chi connectivity index (χ2n) is 6.00. The lowest BCUT2D eigenvalue weighted by molar-refractivity contribution is 0.238. The van der Waals surface area contributed by atoms with Gasteiger partial charge < -0.3 is 19.9 Å². The Labute approximate surface area is 178 Å². The Bertz CT molecular complexity index is 734. The lowest BCUT2D eigenvalue weighted by Gasteiger charge is -2.18. The van der Waals surface area contributed by atoms with E-state index in [9.17, 15) is 5.11 Å². The molecule has 0 aliphatic rings. The molecule has 0 bridgehead atoms. The van der Waals surface area contributed by atoms with Crippen LogP contribution in [0.3, 0.4) is 0 Å². The van der Waals surface area contributed by atoms with Gasteiger partial charge in [-0.05, 0) is 59.1 Å². The maximum Gasteiger partial charge on any atom is 0.175 e. The van der Waals surface area contributed by atoms with Gasteiger partial charge in [0.05, 0.1) is 17.7 Å². The summed E-state index contributed by atoms with van der Waals surface area (Å²) in [6.45, 7) is 5.43. The third kappa shape index (κ3) is 6.26. The minimum absolute atomic E-state index is 0.0672. The molecule has 0 amide bonds. The van der Waals surface area contributed by atoms with E-state index in [0.717, 1.165) is 22.0 Å². The van der Waals surface area contributed by atoms with Crippen LogP contribution in [0.1, 0.15) is 31.4 Å². The van der Waals surface area contributed by atoms with Gasteiger partial charge in [-0.3, -0.25) is 0 Å². The molecule has 2 rings (SSSR count). The molecule has 148 valence electrons. The summed E-state index contributed by atoms with van der Waals surface area (Å²) in [6, 6.07) is 9.35. The molecular formula is C20H24BrCl2NO3. The van der Waals surface area contributed by atoms with E-state index in [1.165, 1.54) is 0 Å². The summed E-state index contributed by atoms with van der Waals surface area (Å²) >= 11 is 16.0. The van der Waals surface area contributed by atoms with Gasteiger partial charge in [-0.25, -0.2) is 0 Å². The van der Waals surface area contributed by atoms with Crippen molar-refractivity contribution in [3.63, 3.8) is 0 Å². The van der Waals surface area contributed by atoms with Crippen molar-refractivity contribution in [3.8, 4) is 11.5 Å². The van der Waals surface area contributed by atoms with Gasteiger partial charge in [-0.2, -0.15) is 0 Å². The highest BCUT2D eigenvalue weighted by molar-refractivity contribution is 9.10. The summed E-state index contributed by atoms with van der Waals surface area (Å²) in [5.74, 6) is 1.25. The zero-order valence-corrected chi connectivity index (χ0v) is 18.5. The Hall–Kier alpha value is -0.980. The van der Waals surface area contributed by atoms with Crippen LogP contribution in [-0.4, -0.2) is 24.4 Å². The number of halogens is 3. The molecule has 0 spiro atoms. The maximum absolute atomic E-state index is 9.33. The summed E-state index contributed by atoms with van der Waals surface area (Å²) < 4.78 is 12.5. The van der Waals surface area contributed by atoms with Gasteiger partial charge in [0, 0.05) is 28.2 Å². The van der Waals surface area contributed by atoms with Gasteiger partial charge in [-0.15, -0.1) is 0 Å². The van der Waals surface area contributed by atoms with Crippen molar-refractivity contribution in [1.29, 1.82) is 0 Å². The quantitative estimate of drug-likeness (QED) is 0.469. The van der Waals surface area contributed by atoms with Crippen molar-refractivity contribution < 1.29 is 14.6 Å². The Kier molecular flexibility index (Phi) is 9.19. The number of hydrogen-bond acceptors (Lipinski definition) is 4. The zero-order chi connectivity index (χ0) is 19.8. The van der Waals surface area contributed by atoms with E-state index < -0.39 is 0 Å². The number of aliphatic hydroxyl groups excluding tert-OH is 1. The number of hydrogen-bond donors (Lipinski definition) is 2. The van der Waals surface area contributed by atoms with Crippen molar-refractivity contribution in [1.82, 2.24) is 5.32 Å². The first-order chi connectivity index (χ1) is 13.0. The summed E-state index contributed by atoms with van der Waals surface area (Å²) in [5.41, 5.74) is 1.76. The monoisotopic (exact) mass is 475 g/mol. The summed E-state index contributed by atoms with van der Waals surface area (Å²) in [6.07, 6.45) is 0.857. The minimum atomic E-state index is 0.0672. The molecule has 0 aliphatic heterocycles. The number of rotatable bonds is 10. The molecule has 0 aromatic heterocycles. The van der Waals surface area contributed by atoms with Gasteiger partial charge in [0.1, 0.15) is 6.61 Å². The molecule has 0 radical (unpaired) electrons. The smallest absolute Gasteiger partial charge is 0.175 e. The summed E-state index contributed by atoms with van der Waals surface area (Å²) in [5, 5.41) is 13.8. The van der Waals surface area contributed by atoms with E-state index >= 15 is 0 Å². The van der Waals surface area contributed by atoms with Crippen molar-refractivity contribution in [2.75, 3.05) is 13.2 Å². The highest BCUT2D eigenvalue weighted by Gasteiger charge is 2.15. The molecule has 0 saturated carbocycles.